The molecule has 4 heteroatoms. The van der Waals surface area contributed by atoms with Crippen molar-refractivity contribution in [3.8, 4) is 0 Å². The summed E-state index contributed by atoms with van der Waals surface area (Å²) in [5.41, 5.74) is 0. The molecule has 0 bridgehead atoms. The second kappa shape index (κ2) is 19.5. The maximum atomic E-state index is 5.24. The molecule has 0 saturated carbocycles. The third-order valence-corrected chi connectivity index (χ3v) is 1.59. The summed E-state index contributed by atoms with van der Waals surface area (Å²) in [6.07, 6.45) is 6.71. The van der Waals surface area contributed by atoms with Gasteiger partial charge in [0, 0.05) is 13.2 Å². The van der Waals surface area contributed by atoms with Crippen LogP contribution >= 0.6 is 0 Å². The second-order valence-corrected chi connectivity index (χ2v) is 2.84. The van der Waals surface area contributed by atoms with Crippen LogP contribution in [0.15, 0.2) is 0 Å². The normalized spacial score (nSPS) is 9.00. The van der Waals surface area contributed by atoms with Crippen molar-refractivity contribution in [2.45, 2.75) is 39.5 Å². The molecular weight excluding hydrogens is 212 g/mol. The fourth-order valence-electron chi connectivity index (χ4n) is 0.813. The number of rotatable bonds is 9. The molecule has 0 amide bonds. The standard InChI is InChI=1S/C10H21O2.ClH.Mg/c1-3-5-7-9-12-10-11-8-6-4-2;;/h3H,4-10H2,1-2H3;1H;/q-1;;+2/p-1. The molecule has 0 aromatic rings. The molecular formula is C10H21ClMgO2. The van der Waals surface area contributed by atoms with Crippen LogP contribution in [0.2, 0.25) is 0 Å². The van der Waals surface area contributed by atoms with Gasteiger partial charge in [0.15, 0.2) is 0 Å². The number of unbranched alkanes of at least 4 members (excludes halogenated alkanes) is 3. The van der Waals surface area contributed by atoms with Crippen LogP contribution in [-0.2, 0) is 9.47 Å². The van der Waals surface area contributed by atoms with E-state index in [9.17, 15) is 0 Å². The van der Waals surface area contributed by atoms with Crippen molar-refractivity contribution in [3.63, 3.8) is 0 Å². The number of hydrogen-bond acceptors (Lipinski definition) is 2. The van der Waals surface area contributed by atoms with Gasteiger partial charge >= 0.3 is 23.1 Å². The molecule has 0 saturated heterocycles. The third kappa shape index (κ3) is 18.7. The van der Waals surface area contributed by atoms with E-state index in [1.807, 2.05) is 0 Å². The first-order chi connectivity index (χ1) is 5.91. The van der Waals surface area contributed by atoms with Crippen LogP contribution < -0.4 is 12.4 Å². The summed E-state index contributed by atoms with van der Waals surface area (Å²) in [4.78, 5) is 0. The van der Waals surface area contributed by atoms with E-state index >= 15 is 0 Å². The molecule has 0 radical (unpaired) electrons. The van der Waals surface area contributed by atoms with E-state index in [4.69, 9.17) is 9.47 Å². The molecule has 0 aromatic heterocycles. The zero-order valence-corrected chi connectivity index (χ0v) is 11.6. The average Bonchev–Trinajstić information content (AvgIpc) is 2.10. The van der Waals surface area contributed by atoms with Gasteiger partial charge in [-0.2, -0.15) is 13.3 Å². The fraction of sp³-hybridized carbons (Fsp3) is 0.900. The Balaban J connectivity index is -0.000000605. The molecule has 0 aliphatic rings. The molecule has 0 aliphatic heterocycles. The Kier molecular flexibility index (Phi) is 28.5. The van der Waals surface area contributed by atoms with Crippen LogP contribution in [0.1, 0.15) is 39.5 Å². The summed E-state index contributed by atoms with van der Waals surface area (Å²) in [7, 11) is 0. The number of ether oxygens (including phenoxy) is 2. The van der Waals surface area contributed by atoms with E-state index in [0.29, 0.717) is 6.79 Å². The van der Waals surface area contributed by atoms with Gasteiger partial charge in [-0.15, -0.1) is 0 Å². The molecule has 2 nitrogen and oxygen atoms in total. The smallest absolute Gasteiger partial charge is 1.00 e. The average molecular weight is 233 g/mol. The monoisotopic (exact) mass is 232 g/mol. The zero-order chi connectivity index (χ0) is 9.07. The number of halogens is 1. The predicted molar refractivity (Wildman–Crippen MR) is 56.6 cm³/mol. The van der Waals surface area contributed by atoms with Crippen LogP contribution in [-0.4, -0.2) is 43.1 Å². The van der Waals surface area contributed by atoms with Crippen LogP contribution in [0.3, 0.4) is 0 Å². The van der Waals surface area contributed by atoms with Crippen LogP contribution in [0.5, 0.6) is 0 Å². The summed E-state index contributed by atoms with van der Waals surface area (Å²) >= 11 is 0. The van der Waals surface area contributed by atoms with Gasteiger partial charge in [0.05, 0.1) is 0 Å². The minimum Gasteiger partial charge on any atom is -1.00 e. The van der Waals surface area contributed by atoms with Crippen molar-refractivity contribution < 1.29 is 21.9 Å². The molecule has 0 spiro atoms. The van der Waals surface area contributed by atoms with Crippen molar-refractivity contribution in [1.82, 2.24) is 0 Å². The summed E-state index contributed by atoms with van der Waals surface area (Å²) in [5.74, 6) is 0. The maximum Gasteiger partial charge on any atom is 2.00 e. The quantitative estimate of drug-likeness (QED) is 0.229. The first-order valence-corrected chi connectivity index (χ1v) is 4.85. The van der Waals surface area contributed by atoms with Gasteiger partial charge in [-0.05, 0) is 6.42 Å². The molecule has 0 heterocycles. The van der Waals surface area contributed by atoms with Crippen LogP contribution in [0, 0.1) is 6.42 Å². The molecule has 14 heavy (non-hydrogen) atoms. The van der Waals surface area contributed by atoms with E-state index in [1.165, 1.54) is 6.42 Å². The van der Waals surface area contributed by atoms with E-state index in [0.717, 1.165) is 32.5 Å². The van der Waals surface area contributed by atoms with Gasteiger partial charge in [0.2, 0.25) is 0 Å². The van der Waals surface area contributed by atoms with Crippen LogP contribution in [0.25, 0.3) is 0 Å². The summed E-state index contributed by atoms with van der Waals surface area (Å²) in [6.45, 7) is 6.33. The zero-order valence-electron chi connectivity index (χ0n) is 9.43. The Morgan fingerprint density at radius 3 is 2.14 bits per heavy atom. The molecule has 0 unspecified atom stereocenters. The molecule has 0 aromatic carbocycles. The van der Waals surface area contributed by atoms with E-state index in [1.54, 1.807) is 0 Å². The summed E-state index contributed by atoms with van der Waals surface area (Å²) < 4.78 is 10.5. The minimum atomic E-state index is 0. The van der Waals surface area contributed by atoms with Gasteiger partial charge in [-0.1, -0.05) is 19.8 Å². The van der Waals surface area contributed by atoms with Crippen molar-refractivity contribution in [2.75, 3.05) is 20.0 Å². The third-order valence-electron chi connectivity index (χ3n) is 1.59. The molecule has 0 N–H and O–H groups in total. The molecule has 0 rings (SSSR count). The number of hydrogen-bond donors (Lipinski definition) is 0. The van der Waals surface area contributed by atoms with Gasteiger partial charge in [0.25, 0.3) is 0 Å². The van der Waals surface area contributed by atoms with Gasteiger partial charge in [-0.3, -0.25) is 0 Å². The molecule has 0 aliphatic carbocycles. The van der Waals surface area contributed by atoms with Crippen molar-refractivity contribution in [2.24, 2.45) is 0 Å². The Hall–Kier alpha value is 0.976. The first kappa shape index (κ1) is 20.4. The van der Waals surface area contributed by atoms with Crippen LogP contribution in [0.4, 0.5) is 0 Å². The van der Waals surface area contributed by atoms with E-state index < -0.39 is 0 Å². The van der Waals surface area contributed by atoms with E-state index in [2.05, 4.69) is 20.3 Å². The Labute approximate surface area is 111 Å². The van der Waals surface area contributed by atoms with Gasteiger partial charge in [-0.25, -0.2) is 0 Å². The molecule has 82 valence electrons. The van der Waals surface area contributed by atoms with Crippen molar-refractivity contribution >= 4 is 23.1 Å². The van der Waals surface area contributed by atoms with Gasteiger partial charge < -0.3 is 28.3 Å². The largest absolute Gasteiger partial charge is 2.00 e. The fourth-order valence-corrected chi connectivity index (χ4v) is 0.813. The topological polar surface area (TPSA) is 18.5 Å². The van der Waals surface area contributed by atoms with Gasteiger partial charge in [0.1, 0.15) is 6.79 Å². The first-order valence-electron chi connectivity index (χ1n) is 4.85. The Bertz CT molecular complexity index is 74.5. The van der Waals surface area contributed by atoms with Crippen molar-refractivity contribution in [3.05, 3.63) is 6.42 Å². The van der Waals surface area contributed by atoms with Crippen molar-refractivity contribution in [1.29, 1.82) is 0 Å². The molecule has 0 fully saturated rings. The SMILES string of the molecule is C[CH-]CCCOCOCCCC.[Cl-].[Mg+2]. The van der Waals surface area contributed by atoms with E-state index in [-0.39, 0.29) is 35.5 Å². The maximum absolute atomic E-state index is 5.24. The second-order valence-electron chi connectivity index (χ2n) is 2.84. The Morgan fingerprint density at radius 2 is 1.64 bits per heavy atom. The minimum absolute atomic E-state index is 0. The molecule has 0 atom stereocenters. The summed E-state index contributed by atoms with van der Waals surface area (Å²) in [5, 5.41) is 0. The predicted octanol–water partition coefficient (Wildman–Crippen LogP) is -0.595. The summed E-state index contributed by atoms with van der Waals surface area (Å²) in [6, 6.07) is 0. The Morgan fingerprint density at radius 1 is 1.07 bits per heavy atom.